The Kier molecular flexibility index (Phi) is 7.29. The molecule has 0 aromatic heterocycles. The number of rotatable bonds is 6. The van der Waals surface area contributed by atoms with E-state index in [1.165, 1.54) is 32.6 Å². The van der Waals surface area contributed by atoms with E-state index in [-0.39, 0.29) is 5.92 Å². The third-order valence-electron chi connectivity index (χ3n) is 5.94. The third-order valence-corrected chi connectivity index (χ3v) is 9.48. The van der Waals surface area contributed by atoms with Gasteiger partial charge in [0.05, 0.1) is 5.69 Å². The monoisotopic (exact) mass is 466 g/mol. The number of aliphatic imine (C=N–C) groups is 1. The van der Waals surface area contributed by atoms with Gasteiger partial charge in [0, 0.05) is 5.92 Å². The fourth-order valence-electron chi connectivity index (χ4n) is 4.37. The molecule has 4 aromatic carbocycles. The molecule has 0 fully saturated rings. The molecule has 0 amide bonds. The Morgan fingerprint density at radius 2 is 1.03 bits per heavy atom. The standard InChI is InChI=1S/C31H33NOP/c1-23(2)31(32-30-25(4)21-24(3)22-26(30)5)33-34(27-15-9-6-10-16-27,28-17-11-7-12-18-28)29-19-13-8-14-20-29/h6-23H,1-5H3/q+1. The molecule has 0 aliphatic carbocycles. The number of benzene rings is 4. The van der Waals surface area contributed by atoms with Crippen LogP contribution in [0.3, 0.4) is 0 Å². The van der Waals surface area contributed by atoms with Crippen molar-refractivity contribution in [2.75, 3.05) is 0 Å². The molecule has 172 valence electrons. The minimum absolute atomic E-state index is 0.121. The molecular formula is C31H33NOP+. The number of hydrogen-bond acceptors (Lipinski definition) is 2. The quantitative estimate of drug-likeness (QED) is 0.167. The van der Waals surface area contributed by atoms with Crippen molar-refractivity contribution in [3.63, 3.8) is 0 Å². The van der Waals surface area contributed by atoms with Crippen LogP contribution in [0.1, 0.15) is 30.5 Å². The van der Waals surface area contributed by atoms with Crippen LogP contribution in [0.2, 0.25) is 0 Å². The van der Waals surface area contributed by atoms with Gasteiger partial charge in [0.15, 0.2) is 0 Å². The molecule has 2 nitrogen and oxygen atoms in total. The van der Waals surface area contributed by atoms with Crippen LogP contribution in [0.25, 0.3) is 0 Å². The Bertz CT molecular complexity index is 1150. The van der Waals surface area contributed by atoms with Crippen LogP contribution >= 0.6 is 7.49 Å². The first kappa shape index (κ1) is 23.9. The number of aryl methyl sites for hydroxylation is 3. The van der Waals surface area contributed by atoms with E-state index in [1.54, 1.807) is 0 Å². The number of hydrogen-bond donors (Lipinski definition) is 0. The van der Waals surface area contributed by atoms with Crippen molar-refractivity contribution in [3.05, 3.63) is 120 Å². The van der Waals surface area contributed by atoms with Crippen LogP contribution in [0.4, 0.5) is 5.69 Å². The summed E-state index contributed by atoms with van der Waals surface area (Å²) in [4.78, 5) is 5.18. The fourth-order valence-corrected chi connectivity index (χ4v) is 7.89. The van der Waals surface area contributed by atoms with E-state index in [4.69, 9.17) is 9.52 Å². The van der Waals surface area contributed by atoms with E-state index < -0.39 is 7.49 Å². The van der Waals surface area contributed by atoms with Crippen molar-refractivity contribution in [2.24, 2.45) is 10.9 Å². The highest BCUT2D eigenvalue weighted by molar-refractivity contribution is 7.92. The lowest BCUT2D eigenvalue weighted by Gasteiger charge is -2.27. The Labute approximate surface area is 204 Å². The summed E-state index contributed by atoms with van der Waals surface area (Å²) < 4.78 is 7.26. The average molecular weight is 467 g/mol. The second-order valence-electron chi connectivity index (χ2n) is 9.06. The molecule has 0 heterocycles. The molecule has 0 atom stereocenters. The van der Waals surface area contributed by atoms with E-state index >= 15 is 0 Å². The summed E-state index contributed by atoms with van der Waals surface area (Å²) in [6.07, 6.45) is 0. The van der Waals surface area contributed by atoms with E-state index in [0.29, 0.717) is 0 Å². The van der Waals surface area contributed by atoms with Gasteiger partial charge in [0.2, 0.25) is 5.90 Å². The molecule has 34 heavy (non-hydrogen) atoms. The molecule has 4 aromatic rings. The number of nitrogens with zero attached hydrogens (tertiary/aromatic N) is 1. The van der Waals surface area contributed by atoms with Crippen LogP contribution < -0.4 is 15.9 Å². The third kappa shape index (κ3) is 4.83. The van der Waals surface area contributed by atoms with Gasteiger partial charge in [-0.2, -0.15) is 0 Å². The van der Waals surface area contributed by atoms with Gasteiger partial charge < -0.3 is 4.52 Å². The van der Waals surface area contributed by atoms with Crippen LogP contribution in [-0.4, -0.2) is 5.90 Å². The first-order valence-electron chi connectivity index (χ1n) is 11.8. The Hall–Kier alpha value is -3.22. The normalized spacial score (nSPS) is 12.1. The van der Waals surface area contributed by atoms with E-state index in [2.05, 4.69) is 138 Å². The lowest BCUT2D eigenvalue weighted by Crippen LogP contribution is -2.35. The minimum atomic E-state index is -2.47. The predicted octanol–water partition coefficient (Wildman–Crippen LogP) is 7.22. The lowest BCUT2D eigenvalue weighted by atomic mass is 10.1. The van der Waals surface area contributed by atoms with Crippen molar-refractivity contribution in [1.82, 2.24) is 0 Å². The molecule has 0 N–H and O–H groups in total. The van der Waals surface area contributed by atoms with Crippen molar-refractivity contribution in [3.8, 4) is 0 Å². The van der Waals surface area contributed by atoms with Gasteiger partial charge >= 0.3 is 0 Å². The molecule has 0 aliphatic heterocycles. The fraction of sp³-hybridized carbons (Fsp3) is 0.194. The highest BCUT2D eigenvalue weighted by atomic mass is 31.2. The van der Waals surface area contributed by atoms with Crippen molar-refractivity contribution in [2.45, 2.75) is 34.6 Å². The van der Waals surface area contributed by atoms with E-state index in [1.807, 2.05) is 0 Å². The van der Waals surface area contributed by atoms with Gasteiger partial charge in [0.25, 0.3) is 7.49 Å². The zero-order valence-electron chi connectivity index (χ0n) is 20.7. The maximum absolute atomic E-state index is 7.26. The van der Waals surface area contributed by atoms with Gasteiger partial charge in [-0.3, -0.25) is 0 Å². The largest absolute Gasteiger partial charge is 0.319 e. The maximum atomic E-state index is 7.26. The van der Waals surface area contributed by atoms with Gasteiger partial charge in [-0.05, 0) is 68.3 Å². The molecule has 0 aliphatic rings. The maximum Gasteiger partial charge on any atom is 0.289 e. The summed E-state index contributed by atoms with van der Waals surface area (Å²) in [5.41, 5.74) is 4.59. The van der Waals surface area contributed by atoms with Crippen molar-refractivity contribution in [1.29, 1.82) is 0 Å². The molecular weight excluding hydrogens is 433 g/mol. The summed E-state index contributed by atoms with van der Waals surface area (Å²) in [7, 11) is -2.47. The topological polar surface area (TPSA) is 21.6 Å². The molecule has 0 bridgehead atoms. The second kappa shape index (κ2) is 10.4. The zero-order chi connectivity index (χ0) is 24.1. The summed E-state index contributed by atoms with van der Waals surface area (Å²) in [6, 6.07) is 36.3. The van der Waals surface area contributed by atoms with Gasteiger partial charge in [-0.1, -0.05) is 86.1 Å². The lowest BCUT2D eigenvalue weighted by molar-refractivity contribution is 0.558. The SMILES string of the molecule is Cc1cc(C)c(N=C(O[P+](c2ccccc2)(c2ccccc2)c2ccccc2)C(C)C)c(C)c1. The smallest absolute Gasteiger partial charge is 0.289 e. The highest BCUT2D eigenvalue weighted by Gasteiger charge is 2.50. The molecule has 0 unspecified atom stereocenters. The van der Waals surface area contributed by atoms with Crippen molar-refractivity contribution < 1.29 is 4.52 Å². The van der Waals surface area contributed by atoms with Gasteiger partial charge in [-0.15, -0.1) is 0 Å². The zero-order valence-corrected chi connectivity index (χ0v) is 21.6. The average Bonchev–Trinajstić information content (AvgIpc) is 2.85. The van der Waals surface area contributed by atoms with Crippen LogP contribution in [0.5, 0.6) is 0 Å². The van der Waals surface area contributed by atoms with Crippen LogP contribution in [0.15, 0.2) is 108 Å². The molecule has 0 saturated heterocycles. The molecule has 0 saturated carbocycles. The highest BCUT2D eigenvalue weighted by Crippen LogP contribution is 2.57. The Balaban J connectivity index is 1.99. The molecule has 3 heteroatoms. The second-order valence-corrected chi connectivity index (χ2v) is 12.0. The first-order chi connectivity index (χ1) is 16.4. The summed E-state index contributed by atoms with van der Waals surface area (Å²) in [5.74, 6) is 0.885. The summed E-state index contributed by atoms with van der Waals surface area (Å²) in [5, 5.41) is 3.54. The van der Waals surface area contributed by atoms with E-state index in [0.717, 1.165) is 11.6 Å². The van der Waals surface area contributed by atoms with Gasteiger partial charge in [-0.25, -0.2) is 4.99 Å². The van der Waals surface area contributed by atoms with E-state index in [9.17, 15) is 0 Å². The van der Waals surface area contributed by atoms with Crippen molar-refractivity contribution >= 4 is 35.0 Å². The predicted molar refractivity (Wildman–Crippen MR) is 149 cm³/mol. The van der Waals surface area contributed by atoms with Crippen LogP contribution in [-0.2, 0) is 4.52 Å². The minimum Gasteiger partial charge on any atom is -0.319 e. The Morgan fingerprint density at radius 1 is 0.647 bits per heavy atom. The molecule has 4 rings (SSSR count). The molecule has 0 spiro atoms. The summed E-state index contributed by atoms with van der Waals surface area (Å²) in [6.45, 7) is 10.7. The summed E-state index contributed by atoms with van der Waals surface area (Å²) >= 11 is 0. The Morgan fingerprint density at radius 3 is 1.38 bits per heavy atom. The molecule has 0 radical (unpaired) electrons. The first-order valence-corrected chi connectivity index (χ1v) is 13.5. The van der Waals surface area contributed by atoms with Crippen LogP contribution in [0, 0.1) is 26.7 Å². The van der Waals surface area contributed by atoms with Gasteiger partial charge in [0.1, 0.15) is 15.9 Å².